The molecule has 0 spiro atoms. The van der Waals surface area contributed by atoms with Gasteiger partial charge in [0.1, 0.15) is 6.04 Å². The Morgan fingerprint density at radius 2 is 2.06 bits per heavy atom. The van der Waals surface area contributed by atoms with E-state index in [0.717, 1.165) is 38.2 Å². The van der Waals surface area contributed by atoms with Crippen molar-refractivity contribution in [2.45, 2.75) is 43.9 Å². The molecule has 198 valence electrons. The van der Waals surface area contributed by atoms with Crippen molar-refractivity contribution in [2.24, 2.45) is 5.73 Å². The van der Waals surface area contributed by atoms with E-state index >= 15 is 0 Å². The van der Waals surface area contributed by atoms with Gasteiger partial charge in [0.2, 0.25) is 5.91 Å². The summed E-state index contributed by atoms with van der Waals surface area (Å²) in [4.78, 5) is 30.1. The van der Waals surface area contributed by atoms with Gasteiger partial charge < -0.3 is 15.8 Å². The Morgan fingerprint density at radius 3 is 2.81 bits per heavy atom. The molecular weight excluding hydrogens is 492 g/mol. The number of carbonyl (C=O) groups excluding carboxylic acids is 2. The highest BCUT2D eigenvalue weighted by atomic mass is 32.2. The summed E-state index contributed by atoms with van der Waals surface area (Å²) >= 11 is 6.00. The number of nitrogens with one attached hydrogen (secondary N) is 1. The van der Waals surface area contributed by atoms with Crippen LogP contribution in [0.1, 0.15) is 24.8 Å². The molecule has 1 saturated heterocycles. The SMILES string of the molecule is COC(=O)C(CCSC)NC(=O)CN(Cc1cccc2ccccc12)C[C@@H]1CCCN1CC(N)CS. The van der Waals surface area contributed by atoms with Gasteiger partial charge in [0.25, 0.3) is 0 Å². The molecule has 1 aliphatic heterocycles. The maximum absolute atomic E-state index is 13.2. The third kappa shape index (κ3) is 8.38. The highest BCUT2D eigenvalue weighted by molar-refractivity contribution is 7.98. The van der Waals surface area contributed by atoms with Crippen LogP contribution in [0.25, 0.3) is 10.8 Å². The lowest BCUT2D eigenvalue weighted by molar-refractivity contribution is -0.145. The van der Waals surface area contributed by atoms with Crippen molar-refractivity contribution in [1.82, 2.24) is 15.1 Å². The molecule has 0 saturated carbocycles. The number of amides is 1. The summed E-state index contributed by atoms with van der Waals surface area (Å²) in [5, 5.41) is 5.30. The Morgan fingerprint density at radius 1 is 1.28 bits per heavy atom. The molecule has 1 amide bonds. The van der Waals surface area contributed by atoms with E-state index in [-0.39, 0.29) is 18.5 Å². The molecule has 9 heteroatoms. The van der Waals surface area contributed by atoms with Crippen LogP contribution >= 0.6 is 24.4 Å². The molecule has 1 fully saturated rings. The molecule has 3 N–H and O–H groups in total. The van der Waals surface area contributed by atoms with E-state index in [1.165, 1.54) is 23.4 Å². The topological polar surface area (TPSA) is 87.9 Å². The van der Waals surface area contributed by atoms with Crippen molar-refractivity contribution < 1.29 is 14.3 Å². The van der Waals surface area contributed by atoms with Crippen LogP contribution in [0.2, 0.25) is 0 Å². The van der Waals surface area contributed by atoms with Gasteiger partial charge in [-0.25, -0.2) is 4.79 Å². The highest BCUT2D eigenvalue weighted by Crippen LogP contribution is 2.23. The molecular formula is C27H40N4O3S2. The van der Waals surface area contributed by atoms with Gasteiger partial charge in [-0.3, -0.25) is 14.6 Å². The summed E-state index contributed by atoms with van der Waals surface area (Å²) in [6, 6.07) is 14.4. The maximum Gasteiger partial charge on any atom is 0.328 e. The summed E-state index contributed by atoms with van der Waals surface area (Å²) < 4.78 is 4.93. The van der Waals surface area contributed by atoms with Crippen LogP contribution < -0.4 is 11.1 Å². The zero-order valence-corrected chi connectivity index (χ0v) is 23.1. The second-order valence-electron chi connectivity index (χ2n) is 9.47. The first-order valence-corrected chi connectivity index (χ1v) is 14.6. The predicted octanol–water partition coefficient (Wildman–Crippen LogP) is 2.77. The van der Waals surface area contributed by atoms with Gasteiger partial charge in [-0.1, -0.05) is 42.5 Å². The van der Waals surface area contributed by atoms with Gasteiger partial charge in [-0.15, -0.1) is 0 Å². The molecule has 2 aromatic rings. The number of thiol groups is 1. The molecule has 3 atom stereocenters. The van der Waals surface area contributed by atoms with Gasteiger partial charge >= 0.3 is 5.97 Å². The molecule has 7 nitrogen and oxygen atoms in total. The van der Waals surface area contributed by atoms with Crippen molar-refractivity contribution in [3.05, 3.63) is 48.0 Å². The molecule has 0 aliphatic carbocycles. The first-order chi connectivity index (χ1) is 17.4. The fourth-order valence-electron chi connectivity index (χ4n) is 4.93. The average Bonchev–Trinajstić information content (AvgIpc) is 3.32. The number of carbonyl (C=O) groups is 2. The second kappa shape index (κ2) is 14.8. The number of benzene rings is 2. The van der Waals surface area contributed by atoms with E-state index < -0.39 is 12.0 Å². The molecule has 0 aromatic heterocycles. The van der Waals surface area contributed by atoms with Crippen LogP contribution in [0.5, 0.6) is 0 Å². The Labute approximate surface area is 224 Å². The lowest BCUT2D eigenvalue weighted by Crippen LogP contribution is -2.49. The molecule has 2 unspecified atom stereocenters. The molecule has 3 rings (SSSR count). The van der Waals surface area contributed by atoms with Crippen molar-refractivity contribution in [2.75, 3.05) is 51.1 Å². The van der Waals surface area contributed by atoms with Crippen LogP contribution in [0.4, 0.5) is 0 Å². The van der Waals surface area contributed by atoms with Gasteiger partial charge in [0, 0.05) is 37.5 Å². The minimum atomic E-state index is -0.634. The highest BCUT2D eigenvalue weighted by Gasteiger charge is 2.29. The molecule has 2 aromatic carbocycles. The largest absolute Gasteiger partial charge is 0.467 e. The number of nitrogens with two attached hydrogens (primary N) is 1. The van der Waals surface area contributed by atoms with Crippen molar-refractivity contribution >= 4 is 47.0 Å². The quantitative estimate of drug-likeness (QED) is 0.255. The fraction of sp³-hybridized carbons (Fsp3) is 0.556. The lowest BCUT2D eigenvalue weighted by atomic mass is 10.0. The van der Waals surface area contributed by atoms with E-state index in [1.54, 1.807) is 11.8 Å². The first kappa shape index (κ1) is 28.8. The summed E-state index contributed by atoms with van der Waals surface area (Å²) in [5.74, 6) is 0.849. The van der Waals surface area contributed by atoms with E-state index in [4.69, 9.17) is 10.5 Å². The Bertz CT molecular complexity index is 987. The van der Waals surface area contributed by atoms with Gasteiger partial charge in [-0.2, -0.15) is 24.4 Å². The van der Waals surface area contributed by atoms with Crippen LogP contribution in [0.15, 0.2) is 42.5 Å². The number of rotatable bonds is 14. The average molecular weight is 533 g/mol. The van der Waals surface area contributed by atoms with Crippen molar-refractivity contribution in [3.63, 3.8) is 0 Å². The zero-order chi connectivity index (χ0) is 25.9. The minimum absolute atomic E-state index is 0.0287. The Kier molecular flexibility index (Phi) is 11.9. The number of thioether (sulfide) groups is 1. The third-order valence-electron chi connectivity index (χ3n) is 6.74. The van der Waals surface area contributed by atoms with E-state index in [9.17, 15) is 9.59 Å². The second-order valence-corrected chi connectivity index (χ2v) is 10.8. The standard InChI is InChI=1S/C27H40N4O3S2/c1-34-27(33)25(12-14-36-2)29-26(32)18-30(17-23-10-6-13-31(23)16-22(28)19-35)15-21-9-5-8-20-7-3-4-11-24(20)21/h3-5,7-9,11,22-23,25,35H,6,10,12-19,28H2,1-2H3,(H,29,32)/t22?,23-,25?/m0/s1. The smallest absolute Gasteiger partial charge is 0.328 e. The molecule has 1 aliphatic rings. The maximum atomic E-state index is 13.2. The van der Waals surface area contributed by atoms with Crippen LogP contribution in [0, 0.1) is 0 Å². The molecule has 0 bridgehead atoms. The molecule has 1 heterocycles. The zero-order valence-electron chi connectivity index (χ0n) is 21.4. The number of hydrogen-bond acceptors (Lipinski definition) is 8. The summed E-state index contributed by atoms with van der Waals surface area (Å²) in [7, 11) is 1.36. The number of esters is 1. The van der Waals surface area contributed by atoms with Crippen LogP contribution in [-0.2, 0) is 20.9 Å². The Hall–Kier alpha value is -1.78. The molecule has 36 heavy (non-hydrogen) atoms. The number of ether oxygens (including phenoxy) is 1. The Balaban J connectivity index is 1.77. The summed E-state index contributed by atoms with van der Waals surface area (Å²) in [5.41, 5.74) is 7.39. The predicted molar refractivity (Wildman–Crippen MR) is 153 cm³/mol. The number of nitrogens with zero attached hydrogens (tertiary/aromatic N) is 2. The number of methoxy groups -OCH3 is 1. The van der Waals surface area contributed by atoms with Gasteiger partial charge in [0.05, 0.1) is 13.7 Å². The number of hydrogen-bond donors (Lipinski definition) is 3. The van der Waals surface area contributed by atoms with Gasteiger partial charge in [0.15, 0.2) is 0 Å². The number of likely N-dealkylation sites (tertiary alicyclic amines) is 1. The first-order valence-electron chi connectivity index (χ1n) is 12.6. The summed E-state index contributed by atoms with van der Waals surface area (Å²) in [6.07, 6.45) is 4.72. The van der Waals surface area contributed by atoms with Crippen molar-refractivity contribution in [1.29, 1.82) is 0 Å². The summed E-state index contributed by atoms with van der Waals surface area (Å²) in [6.45, 7) is 3.43. The van der Waals surface area contributed by atoms with Gasteiger partial charge in [-0.05, 0) is 54.2 Å². The van der Waals surface area contributed by atoms with Crippen molar-refractivity contribution in [3.8, 4) is 0 Å². The van der Waals surface area contributed by atoms with E-state index in [0.29, 0.717) is 24.8 Å². The minimum Gasteiger partial charge on any atom is -0.467 e. The monoisotopic (exact) mass is 532 g/mol. The van der Waals surface area contributed by atoms with E-state index in [1.807, 2.05) is 18.4 Å². The third-order valence-corrected chi connectivity index (χ3v) is 7.86. The van der Waals surface area contributed by atoms with E-state index in [2.05, 4.69) is 58.1 Å². The molecule has 0 radical (unpaired) electrons. The normalized spacial score (nSPS) is 17.9. The lowest BCUT2D eigenvalue weighted by Gasteiger charge is -2.32. The van der Waals surface area contributed by atoms with Crippen LogP contribution in [-0.4, -0.2) is 90.9 Å². The fourth-order valence-corrected chi connectivity index (χ4v) is 5.51. The van der Waals surface area contributed by atoms with Crippen LogP contribution in [0.3, 0.4) is 0 Å². The number of fused-ring (bicyclic) bond motifs is 1.